The number of hydrogen-bond acceptors (Lipinski definition) is 2. The molecule has 1 aromatic rings. The minimum Gasteiger partial charge on any atom is -0.353 e. The Hall–Kier alpha value is -1.61. The topological polar surface area (TPSA) is 55.1 Å². The van der Waals surface area contributed by atoms with E-state index in [1.165, 1.54) is 11.1 Å². The molecular formula is C16H22N2O. The molecule has 19 heavy (non-hydrogen) atoms. The van der Waals surface area contributed by atoms with Crippen LogP contribution in [0.15, 0.2) is 36.4 Å². The number of amides is 1. The van der Waals surface area contributed by atoms with Gasteiger partial charge >= 0.3 is 0 Å². The van der Waals surface area contributed by atoms with Crippen molar-refractivity contribution in [3.05, 3.63) is 47.5 Å². The molecule has 0 radical (unpaired) electrons. The van der Waals surface area contributed by atoms with E-state index in [1.807, 2.05) is 31.2 Å². The lowest BCUT2D eigenvalue weighted by Crippen LogP contribution is -2.38. The van der Waals surface area contributed by atoms with Crippen molar-refractivity contribution in [2.75, 3.05) is 0 Å². The Labute approximate surface area is 114 Å². The third kappa shape index (κ3) is 3.67. The first kappa shape index (κ1) is 13.8. The summed E-state index contributed by atoms with van der Waals surface area (Å²) in [6.45, 7) is 4.14. The molecule has 0 saturated carbocycles. The molecule has 0 bridgehead atoms. The van der Waals surface area contributed by atoms with Crippen LogP contribution in [0.2, 0.25) is 0 Å². The average molecular weight is 258 g/mol. The second-order valence-corrected chi connectivity index (χ2v) is 5.43. The molecule has 2 rings (SSSR count). The summed E-state index contributed by atoms with van der Waals surface area (Å²) in [5.41, 5.74) is 8.33. The van der Waals surface area contributed by atoms with Crippen molar-refractivity contribution in [1.82, 2.24) is 5.32 Å². The Kier molecular flexibility index (Phi) is 4.38. The lowest BCUT2D eigenvalue weighted by atomic mass is 10.0. The monoisotopic (exact) mass is 258 g/mol. The van der Waals surface area contributed by atoms with Gasteiger partial charge in [-0.15, -0.1) is 0 Å². The zero-order chi connectivity index (χ0) is 13.8. The van der Waals surface area contributed by atoms with E-state index in [9.17, 15) is 4.79 Å². The minimum atomic E-state index is -0.0608. The second kappa shape index (κ2) is 6.02. The highest BCUT2D eigenvalue weighted by Gasteiger charge is 2.23. The molecule has 3 unspecified atom stereocenters. The maximum atomic E-state index is 12.1. The van der Waals surface area contributed by atoms with Gasteiger partial charge in [-0.25, -0.2) is 0 Å². The van der Waals surface area contributed by atoms with Crippen LogP contribution in [-0.4, -0.2) is 18.0 Å². The molecule has 0 aromatic heterocycles. The number of carbonyl (C=O) groups is 1. The number of rotatable bonds is 4. The molecule has 0 aliphatic heterocycles. The second-order valence-electron chi connectivity index (χ2n) is 5.43. The number of hydrogen-bond donors (Lipinski definition) is 2. The standard InChI is InChI=1S/C16H22N2O/c1-11-5-3-4-6-13(11)9-12(2)18-16(19)14-7-8-15(17)10-14/h3-8,12,14-15H,9-10,17H2,1-2H3,(H,18,19). The zero-order valence-electron chi connectivity index (χ0n) is 11.6. The molecule has 102 valence electrons. The third-order valence-corrected chi connectivity index (χ3v) is 3.63. The van der Waals surface area contributed by atoms with Crippen molar-refractivity contribution in [2.24, 2.45) is 11.7 Å². The summed E-state index contributed by atoms with van der Waals surface area (Å²) < 4.78 is 0. The molecule has 1 aliphatic carbocycles. The van der Waals surface area contributed by atoms with Crippen LogP contribution in [0.4, 0.5) is 0 Å². The van der Waals surface area contributed by atoms with E-state index in [4.69, 9.17) is 5.73 Å². The van der Waals surface area contributed by atoms with E-state index in [0.717, 1.165) is 12.8 Å². The Morgan fingerprint density at radius 1 is 1.42 bits per heavy atom. The molecule has 0 fully saturated rings. The highest BCUT2D eigenvalue weighted by Crippen LogP contribution is 2.17. The Morgan fingerprint density at radius 2 is 2.16 bits per heavy atom. The van der Waals surface area contributed by atoms with E-state index < -0.39 is 0 Å². The van der Waals surface area contributed by atoms with E-state index in [2.05, 4.69) is 24.4 Å². The fraction of sp³-hybridized carbons (Fsp3) is 0.438. The zero-order valence-corrected chi connectivity index (χ0v) is 11.6. The van der Waals surface area contributed by atoms with Gasteiger partial charge in [0.1, 0.15) is 0 Å². The van der Waals surface area contributed by atoms with Crippen molar-refractivity contribution in [3.8, 4) is 0 Å². The Morgan fingerprint density at radius 3 is 2.79 bits per heavy atom. The first-order valence-corrected chi connectivity index (χ1v) is 6.85. The first-order valence-electron chi connectivity index (χ1n) is 6.85. The molecule has 3 heteroatoms. The first-order chi connectivity index (χ1) is 9.06. The molecule has 3 nitrogen and oxygen atoms in total. The van der Waals surface area contributed by atoms with Gasteiger partial charge in [0, 0.05) is 12.1 Å². The molecule has 1 amide bonds. The molecular weight excluding hydrogens is 236 g/mol. The van der Waals surface area contributed by atoms with Crippen molar-refractivity contribution in [2.45, 2.75) is 38.8 Å². The van der Waals surface area contributed by atoms with E-state index in [1.54, 1.807) is 0 Å². The van der Waals surface area contributed by atoms with Crippen LogP contribution >= 0.6 is 0 Å². The maximum Gasteiger partial charge on any atom is 0.227 e. The Bertz CT molecular complexity index is 481. The highest BCUT2D eigenvalue weighted by atomic mass is 16.1. The summed E-state index contributed by atoms with van der Waals surface area (Å²) in [6.07, 6.45) is 5.42. The molecule has 3 atom stereocenters. The van der Waals surface area contributed by atoms with Gasteiger partial charge in [0.25, 0.3) is 0 Å². The fourth-order valence-corrected chi connectivity index (χ4v) is 2.49. The largest absolute Gasteiger partial charge is 0.353 e. The smallest absolute Gasteiger partial charge is 0.227 e. The summed E-state index contributed by atoms with van der Waals surface area (Å²) in [7, 11) is 0. The fourth-order valence-electron chi connectivity index (χ4n) is 2.49. The predicted molar refractivity (Wildman–Crippen MR) is 77.7 cm³/mol. The van der Waals surface area contributed by atoms with Crippen LogP contribution < -0.4 is 11.1 Å². The lowest BCUT2D eigenvalue weighted by molar-refractivity contribution is -0.124. The van der Waals surface area contributed by atoms with Crippen molar-refractivity contribution < 1.29 is 4.79 Å². The van der Waals surface area contributed by atoms with Crippen LogP contribution in [0.5, 0.6) is 0 Å². The van der Waals surface area contributed by atoms with Crippen molar-refractivity contribution >= 4 is 5.91 Å². The number of carbonyl (C=O) groups excluding carboxylic acids is 1. The van der Waals surface area contributed by atoms with Gasteiger partial charge in [-0.3, -0.25) is 4.79 Å². The normalized spacial score (nSPS) is 23.3. The molecule has 0 heterocycles. The number of benzene rings is 1. The molecule has 0 spiro atoms. The molecule has 0 saturated heterocycles. The van der Waals surface area contributed by atoms with Crippen LogP contribution in [0.3, 0.4) is 0 Å². The Balaban J connectivity index is 1.88. The summed E-state index contributed by atoms with van der Waals surface area (Å²) in [6, 6.07) is 8.45. The molecule has 3 N–H and O–H groups in total. The van der Waals surface area contributed by atoms with Gasteiger partial charge in [-0.05, 0) is 37.8 Å². The van der Waals surface area contributed by atoms with Crippen LogP contribution in [-0.2, 0) is 11.2 Å². The number of aryl methyl sites for hydroxylation is 1. The minimum absolute atomic E-state index is 0.0300. The van der Waals surface area contributed by atoms with E-state index in [0.29, 0.717) is 0 Å². The molecule has 1 aliphatic rings. The van der Waals surface area contributed by atoms with Crippen LogP contribution in [0.25, 0.3) is 0 Å². The van der Waals surface area contributed by atoms with Crippen LogP contribution in [0.1, 0.15) is 24.5 Å². The summed E-state index contributed by atoms with van der Waals surface area (Å²) in [4.78, 5) is 12.1. The van der Waals surface area contributed by atoms with E-state index >= 15 is 0 Å². The van der Waals surface area contributed by atoms with Gasteiger partial charge in [-0.1, -0.05) is 36.4 Å². The lowest BCUT2D eigenvalue weighted by Gasteiger charge is -2.18. The SMILES string of the molecule is Cc1ccccc1CC(C)NC(=O)C1C=CC(N)C1. The number of nitrogens with two attached hydrogens (primary N) is 1. The molecule has 1 aromatic carbocycles. The van der Waals surface area contributed by atoms with Gasteiger partial charge in [0.2, 0.25) is 5.91 Å². The van der Waals surface area contributed by atoms with Gasteiger partial charge in [0.05, 0.1) is 5.92 Å². The summed E-state index contributed by atoms with van der Waals surface area (Å²) in [5, 5.41) is 3.07. The van der Waals surface area contributed by atoms with Crippen LogP contribution in [0, 0.1) is 12.8 Å². The maximum absolute atomic E-state index is 12.1. The summed E-state index contributed by atoms with van der Waals surface area (Å²) >= 11 is 0. The van der Waals surface area contributed by atoms with E-state index in [-0.39, 0.29) is 23.9 Å². The predicted octanol–water partition coefficient (Wildman–Crippen LogP) is 1.95. The third-order valence-electron chi connectivity index (χ3n) is 3.63. The van der Waals surface area contributed by atoms with Crippen molar-refractivity contribution in [3.63, 3.8) is 0 Å². The average Bonchev–Trinajstić information content (AvgIpc) is 2.79. The summed E-state index contributed by atoms with van der Waals surface area (Å²) in [5.74, 6) is 0.0274. The quantitative estimate of drug-likeness (QED) is 0.811. The van der Waals surface area contributed by atoms with Gasteiger partial charge < -0.3 is 11.1 Å². The van der Waals surface area contributed by atoms with Crippen molar-refractivity contribution in [1.29, 1.82) is 0 Å². The number of nitrogens with one attached hydrogen (secondary N) is 1. The highest BCUT2D eigenvalue weighted by molar-refractivity contribution is 5.81. The van der Waals surface area contributed by atoms with Gasteiger partial charge in [0.15, 0.2) is 0 Å². The van der Waals surface area contributed by atoms with Gasteiger partial charge in [-0.2, -0.15) is 0 Å².